The van der Waals surface area contributed by atoms with Gasteiger partial charge in [0, 0.05) is 46.2 Å². The molecule has 1 saturated heterocycles. The molecule has 0 spiro atoms. The quantitative estimate of drug-likeness (QED) is 0.328. The summed E-state index contributed by atoms with van der Waals surface area (Å²) in [6, 6.07) is 19.0. The highest BCUT2D eigenvalue weighted by molar-refractivity contribution is 6.31. The van der Waals surface area contributed by atoms with Crippen molar-refractivity contribution in [1.29, 1.82) is 0 Å². The predicted octanol–water partition coefficient (Wildman–Crippen LogP) is 5.68. The van der Waals surface area contributed by atoms with Gasteiger partial charge in [-0.15, -0.1) is 0 Å². The number of anilines is 2. The molecule has 0 amide bonds. The molecule has 2 aliphatic rings. The summed E-state index contributed by atoms with van der Waals surface area (Å²) >= 11 is 6.40. The average molecular weight is 542 g/mol. The minimum Gasteiger partial charge on any atom is -0.496 e. The molecule has 1 radical (unpaired) electrons. The third-order valence-corrected chi connectivity index (χ3v) is 7.46. The Kier molecular flexibility index (Phi) is 6.99. The zero-order valence-corrected chi connectivity index (χ0v) is 22.3. The summed E-state index contributed by atoms with van der Waals surface area (Å²) in [6.45, 7) is 1.15. The Morgan fingerprint density at radius 1 is 1.05 bits per heavy atom. The molecule has 1 aromatic heterocycles. The molecule has 4 aromatic rings. The summed E-state index contributed by atoms with van der Waals surface area (Å²) in [4.78, 5) is 14.2. The van der Waals surface area contributed by atoms with Gasteiger partial charge < -0.3 is 15.4 Å². The highest BCUT2D eigenvalue weighted by Crippen LogP contribution is 2.36. The summed E-state index contributed by atoms with van der Waals surface area (Å²) in [7, 11) is 3.50. The molecule has 2 atom stereocenters. The van der Waals surface area contributed by atoms with Crippen LogP contribution in [0.2, 0.25) is 5.02 Å². The largest absolute Gasteiger partial charge is 0.496 e. The van der Waals surface area contributed by atoms with Crippen LogP contribution in [0.5, 0.6) is 5.75 Å². The molecular formula is C30H27ClFN6O. The number of rotatable bonds is 6. The first-order valence-corrected chi connectivity index (χ1v) is 13.2. The second kappa shape index (κ2) is 10.7. The van der Waals surface area contributed by atoms with Crippen molar-refractivity contribution < 1.29 is 9.13 Å². The van der Waals surface area contributed by atoms with Gasteiger partial charge in [-0.1, -0.05) is 35.9 Å². The number of ether oxygens (including phenoxy) is 1. The first kappa shape index (κ1) is 25.4. The molecule has 39 heavy (non-hydrogen) atoms. The molecule has 2 N–H and O–H groups in total. The molecule has 7 nitrogen and oxygen atoms in total. The summed E-state index contributed by atoms with van der Waals surface area (Å²) in [5, 5.41) is 11.9. The van der Waals surface area contributed by atoms with E-state index in [1.54, 1.807) is 30.5 Å². The van der Waals surface area contributed by atoms with E-state index in [2.05, 4.69) is 27.8 Å². The van der Waals surface area contributed by atoms with Gasteiger partial charge in [0.2, 0.25) is 5.95 Å². The van der Waals surface area contributed by atoms with Crippen molar-refractivity contribution in [3.8, 4) is 17.0 Å². The summed E-state index contributed by atoms with van der Waals surface area (Å²) in [5.41, 5.74) is 5.81. The number of nitrogens with one attached hydrogen (secondary N) is 2. The first-order chi connectivity index (χ1) is 19.1. The zero-order chi connectivity index (χ0) is 26.9. The second-order valence-electron chi connectivity index (χ2n) is 9.52. The van der Waals surface area contributed by atoms with Crippen molar-refractivity contribution in [2.24, 2.45) is 4.99 Å². The first-order valence-electron chi connectivity index (χ1n) is 12.8. The number of benzene rings is 3. The van der Waals surface area contributed by atoms with Crippen LogP contribution in [0.4, 0.5) is 16.0 Å². The SMILES string of the molecule is CNC1CC[N]C1c1ccc(Nc2ncc3c(n2)-c2ccc(Cl)cc2C(c2c(F)cccc2OC)=NC3)cc1. The van der Waals surface area contributed by atoms with E-state index in [4.69, 9.17) is 31.6 Å². The van der Waals surface area contributed by atoms with Gasteiger partial charge in [-0.2, -0.15) is 0 Å². The van der Waals surface area contributed by atoms with Crippen LogP contribution in [0.25, 0.3) is 11.3 Å². The highest BCUT2D eigenvalue weighted by Gasteiger charge is 2.28. The van der Waals surface area contributed by atoms with Gasteiger partial charge in [0.05, 0.1) is 36.7 Å². The van der Waals surface area contributed by atoms with E-state index >= 15 is 4.39 Å². The number of aromatic nitrogens is 2. The molecule has 3 heterocycles. The standard InChI is InChI=1S/C30H27ClFN6O/c1-33-24-12-13-34-28(24)17-6-9-20(10-7-17)37-30-36-16-18-15-35-29(26-23(32)4-3-5-25(26)39-2)22-14-19(31)8-11-21(22)27(18)38-30/h3-11,14,16,24,28,33H,12-13,15H2,1-2H3,(H,36,37,38). The highest BCUT2D eigenvalue weighted by atomic mass is 35.5. The second-order valence-corrected chi connectivity index (χ2v) is 9.96. The lowest BCUT2D eigenvalue weighted by Gasteiger charge is -2.18. The van der Waals surface area contributed by atoms with E-state index in [1.165, 1.54) is 18.7 Å². The average Bonchev–Trinajstić information content (AvgIpc) is 3.38. The molecule has 197 valence electrons. The van der Waals surface area contributed by atoms with Crippen LogP contribution in [0, 0.1) is 5.82 Å². The maximum absolute atomic E-state index is 15.1. The van der Waals surface area contributed by atoms with Crippen LogP contribution in [0.15, 0.2) is 71.9 Å². The number of hydrogen-bond acceptors (Lipinski definition) is 6. The van der Waals surface area contributed by atoms with Gasteiger partial charge in [0.15, 0.2) is 0 Å². The Labute approximate surface area is 231 Å². The van der Waals surface area contributed by atoms with E-state index in [-0.39, 0.29) is 18.2 Å². The zero-order valence-electron chi connectivity index (χ0n) is 21.6. The number of fused-ring (bicyclic) bond motifs is 3. The Hall–Kier alpha value is -3.85. The van der Waals surface area contributed by atoms with E-state index in [9.17, 15) is 0 Å². The molecular weight excluding hydrogens is 515 g/mol. The van der Waals surface area contributed by atoms with E-state index < -0.39 is 5.82 Å². The van der Waals surface area contributed by atoms with Crippen LogP contribution in [0.1, 0.15) is 34.7 Å². The molecule has 6 rings (SSSR count). The minimum absolute atomic E-state index is 0.165. The van der Waals surface area contributed by atoms with Crippen molar-refractivity contribution >= 4 is 28.9 Å². The lowest BCUT2D eigenvalue weighted by atomic mass is 9.94. The normalized spacial score (nSPS) is 18.1. The third-order valence-electron chi connectivity index (χ3n) is 7.22. The van der Waals surface area contributed by atoms with Crippen LogP contribution < -0.4 is 20.7 Å². The van der Waals surface area contributed by atoms with Crippen molar-refractivity contribution in [1.82, 2.24) is 20.6 Å². The molecule has 1 fully saturated rings. The number of likely N-dealkylation sites (N-methyl/N-ethyl adjacent to an activating group) is 1. The summed E-state index contributed by atoms with van der Waals surface area (Å²) in [6.07, 6.45) is 2.81. The fourth-order valence-corrected chi connectivity index (χ4v) is 5.44. The van der Waals surface area contributed by atoms with E-state index in [0.29, 0.717) is 39.7 Å². The molecule has 2 aliphatic heterocycles. The van der Waals surface area contributed by atoms with E-state index in [1.807, 2.05) is 25.2 Å². The number of methoxy groups -OCH3 is 1. The number of halogens is 2. The van der Waals surface area contributed by atoms with Gasteiger partial charge in [-0.05, 0) is 55.4 Å². The minimum atomic E-state index is -0.423. The summed E-state index contributed by atoms with van der Waals surface area (Å²) in [5.74, 6) is 0.426. The number of hydrogen-bond donors (Lipinski definition) is 2. The van der Waals surface area contributed by atoms with E-state index in [0.717, 1.165) is 29.8 Å². The molecule has 2 unspecified atom stereocenters. The maximum atomic E-state index is 15.1. The van der Waals surface area contributed by atoms with Crippen molar-refractivity contribution in [3.05, 3.63) is 100.0 Å². The van der Waals surface area contributed by atoms with Gasteiger partial charge in [-0.25, -0.2) is 19.7 Å². The van der Waals surface area contributed by atoms with Gasteiger partial charge in [-0.3, -0.25) is 4.99 Å². The summed E-state index contributed by atoms with van der Waals surface area (Å²) < 4.78 is 20.6. The van der Waals surface area contributed by atoms with Crippen LogP contribution in [-0.2, 0) is 6.54 Å². The van der Waals surface area contributed by atoms with Gasteiger partial charge in [0.25, 0.3) is 0 Å². The lowest BCUT2D eigenvalue weighted by molar-refractivity contribution is 0.410. The van der Waals surface area contributed by atoms with Crippen molar-refractivity contribution in [3.63, 3.8) is 0 Å². The van der Waals surface area contributed by atoms with Crippen LogP contribution in [-0.4, -0.2) is 42.4 Å². The van der Waals surface area contributed by atoms with Crippen LogP contribution >= 0.6 is 11.6 Å². The van der Waals surface area contributed by atoms with Gasteiger partial charge in [0.1, 0.15) is 11.6 Å². The molecule has 3 aromatic carbocycles. The smallest absolute Gasteiger partial charge is 0.227 e. The fourth-order valence-electron chi connectivity index (χ4n) is 5.27. The Morgan fingerprint density at radius 3 is 2.69 bits per heavy atom. The topological polar surface area (TPSA) is 85.5 Å². The number of nitrogens with zero attached hydrogens (tertiary/aromatic N) is 4. The Bertz CT molecular complexity index is 1560. The molecule has 0 bridgehead atoms. The number of aliphatic imine (C=N–C) groups is 1. The molecule has 9 heteroatoms. The van der Waals surface area contributed by atoms with Crippen LogP contribution in [0.3, 0.4) is 0 Å². The molecule has 0 aliphatic carbocycles. The van der Waals surface area contributed by atoms with Gasteiger partial charge >= 0.3 is 0 Å². The lowest BCUT2D eigenvalue weighted by Crippen LogP contribution is -2.29. The van der Waals surface area contributed by atoms with Crippen molar-refractivity contribution in [2.45, 2.75) is 25.0 Å². The maximum Gasteiger partial charge on any atom is 0.227 e. The monoisotopic (exact) mass is 541 g/mol. The van der Waals surface area contributed by atoms with Crippen molar-refractivity contribution in [2.75, 3.05) is 26.0 Å². The fraction of sp³-hybridized carbons (Fsp3) is 0.233. The third kappa shape index (κ3) is 4.87. The predicted molar refractivity (Wildman–Crippen MR) is 152 cm³/mol. The Balaban J connectivity index is 1.34. The Morgan fingerprint density at radius 2 is 1.90 bits per heavy atom. The molecule has 0 saturated carbocycles.